The van der Waals surface area contributed by atoms with Crippen molar-refractivity contribution >= 4 is 0 Å². The van der Waals surface area contributed by atoms with Crippen molar-refractivity contribution in [2.24, 2.45) is 5.92 Å². The molecule has 1 aromatic rings. The maximum absolute atomic E-state index is 14.3. The number of aryl methyl sites for hydroxylation is 1. The molecule has 2 nitrogen and oxygen atoms in total. The summed E-state index contributed by atoms with van der Waals surface area (Å²) in [6.45, 7) is 1.67. The van der Waals surface area contributed by atoms with Gasteiger partial charge in [0.05, 0.1) is 12.2 Å². The summed E-state index contributed by atoms with van der Waals surface area (Å²) in [6, 6.07) is 2.53. The van der Waals surface area contributed by atoms with Gasteiger partial charge in [0.25, 0.3) is 0 Å². The number of hydrogen-bond donors (Lipinski definition) is 1. The fraction of sp³-hybridized carbons (Fsp3) is 0.600. The molecule has 0 aromatic heterocycles. The van der Waals surface area contributed by atoms with Crippen molar-refractivity contribution in [3.8, 4) is 0 Å². The van der Waals surface area contributed by atoms with E-state index in [-0.39, 0.29) is 29.7 Å². The van der Waals surface area contributed by atoms with Gasteiger partial charge in [-0.2, -0.15) is 0 Å². The summed E-state index contributed by atoms with van der Waals surface area (Å²) in [5.74, 6) is -0.734. The van der Waals surface area contributed by atoms with E-state index >= 15 is 0 Å². The van der Waals surface area contributed by atoms with Crippen LogP contribution in [0.4, 0.5) is 8.78 Å². The van der Waals surface area contributed by atoms with Gasteiger partial charge in [-0.05, 0) is 44.9 Å². The van der Waals surface area contributed by atoms with Crippen LogP contribution in [0.25, 0.3) is 0 Å². The third kappa shape index (κ3) is 2.07. The van der Waals surface area contributed by atoms with Crippen molar-refractivity contribution in [2.45, 2.75) is 44.4 Å². The minimum absolute atomic E-state index is 0.141. The lowest BCUT2D eigenvalue weighted by molar-refractivity contribution is 0.0857. The highest BCUT2D eigenvalue weighted by Gasteiger charge is 2.45. The van der Waals surface area contributed by atoms with E-state index in [4.69, 9.17) is 4.74 Å². The summed E-state index contributed by atoms with van der Waals surface area (Å²) >= 11 is 0. The minimum Gasteiger partial charge on any atom is -0.375 e. The fourth-order valence-corrected chi connectivity index (χ4v) is 3.56. The number of rotatable bonds is 3. The van der Waals surface area contributed by atoms with Gasteiger partial charge in [0, 0.05) is 17.5 Å². The number of fused-ring (bicyclic) bond motifs is 2. The van der Waals surface area contributed by atoms with Gasteiger partial charge in [-0.1, -0.05) is 6.07 Å². The van der Waals surface area contributed by atoms with Crippen LogP contribution in [0.5, 0.6) is 0 Å². The molecule has 3 rings (SSSR count). The molecule has 4 unspecified atom stereocenters. The van der Waals surface area contributed by atoms with E-state index in [1.807, 2.05) is 0 Å². The van der Waals surface area contributed by atoms with Crippen LogP contribution in [0.3, 0.4) is 0 Å². The summed E-state index contributed by atoms with van der Waals surface area (Å²) in [7, 11) is 1.76. The van der Waals surface area contributed by atoms with Crippen molar-refractivity contribution in [1.29, 1.82) is 0 Å². The third-order valence-corrected chi connectivity index (χ3v) is 4.52. The number of nitrogens with one attached hydrogen (secondary N) is 1. The molecule has 0 amide bonds. The van der Waals surface area contributed by atoms with Crippen LogP contribution in [0.15, 0.2) is 12.1 Å². The molecular weight excluding hydrogens is 248 g/mol. The van der Waals surface area contributed by atoms with Crippen molar-refractivity contribution in [3.63, 3.8) is 0 Å². The lowest BCUT2D eigenvalue weighted by Gasteiger charge is -2.29. The lowest BCUT2D eigenvalue weighted by Crippen LogP contribution is -2.33. The van der Waals surface area contributed by atoms with Crippen LogP contribution in [-0.4, -0.2) is 19.3 Å². The second-order valence-electron chi connectivity index (χ2n) is 5.63. The van der Waals surface area contributed by atoms with Crippen molar-refractivity contribution in [2.75, 3.05) is 7.05 Å². The first-order valence-electron chi connectivity index (χ1n) is 6.89. The Balaban J connectivity index is 1.97. The van der Waals surface area contributed by atoms with Gasteiger partial charge in [0.2, 0.25) is 0 Å². The second kappa shape index (κ2) is 4.84. The number of benzene rings is 1. The lowest BCUT2D eigenvalue weighted by atomic mass is 9.80. The van der Waals surface area contributed by atoms with Crippen LogP contribution < -0.4 is 5.32 Å². The molecule has 19 heavy (non-hydrogen) atoms. The number of hydrogen-bond acceptors (Lipinski definition) is 2. The minimum atomic E-state index is -0.467. The normalized spacial score (nSPS) is 30.8. The van der Waals surface area contributed by atoms with E-state index in [0.29, 0.717) is 5.56 Å². The number of ether oxygens (including phenoxy) is 1. The van der Waals surface area contributed by atoms with E-state index in [1.54, 1.807) is 14.0 Å². The maximum atomic E-state index is 14.3. The van der Waals surface area contributed by atoms with E-state index in [9.17, 15) is 8.78 Å². The molecule has 4 heteroatoms. The highest BCUT2D eigenvalue weighted by molar-refractivity contribution is 5.30. The zero-order valence-corrected chi connectivity index (χ0v) is 11.2. The zero-order chi connectivity index (χ0) is 13.6. The van der Waals surface area contributed by atoms with Crippen LogP contribution >= 0.6 is 0 Å². The van der Waals surface area contributed by atoms with Gasteiger partial charge in [0.1, 0.15) is 11.6 Å². The zero-order valence-electron chi connectivity index (χ0n) is 11.2. The SMILES string of the molecule is CNC(c1c(F)ccc(C)c1F)C1CC2CCC1O2. The molecule has 4 atom stereocenters. The average molecular weight is 267 g/mol. The van der Waals surface area contributed by atoms with E-state index in [1.165, 1.54) is 12.1 Å². The predicted molar refractivity (Wildman–Crippen MR) is 68.9 cm³/mol. The summed E-state index contributed by atoms with van der Waals surface area (Å²) in [4.78, 5) is 0. The fourth-order valence-electron chi connectivity index (χ4n) is 3.56. The molecule has 2 aliphatic rings. The molecule has 2 heterocycles. The first kappa shape index (κ1) is 13.0. The van der Waals surface area contributed by atoms with Gasteiger partial charge in [-0.15, -0.1) is 0 Å². The van der Waals surface area contributed by atoms with E-state index in [0.717, 1.165) is 19.3 Å². The van der Waals surface area contributed by atoms with Gasteiger partial charge < -0.3 is 10.1 Å². The molecule has 0 spiro atoms. The Hall–Kier alpha value is -1.00. The summed E-state index contributed by atoms with van der Waals surface area (Å²) < 4.78 is 34.1. The molecule has 0 radical (unpaired) electrons. The molecule has 0 saturated carbocycles. The average Bonchev–Trinajstić information content (AvgIpc) is 3.01. The Bertz CT molecular complexity index is 491. The van der Waals surface area contributed by atoms with Gasteiger partial charge in [-0.3, -0.25) is 0 Å². The molecular formula is C15H19F2NO. The van der Waals surface area contributed by atoms with Crippen LogP contribution in [-0.2, 0) is 4.74 Å². The van der Waals surface area contributed by atoms with Crippen LogP contribution in [0, 0.1) is 24.5 Å². The molecule has 2 bridgehead atoms. The topological polar surface area (TPSA) is 21.3 Å². The van der Waals surface area contributed by atoms with E-state index in [2.05, 4.69) is 5.32 Å². The van der Waals surface area contributed by atoms with Crippen molar-refractivity contribution < 1.29 is 13.5 Å². The summed E-state index contributed by atoms with van der Waals surface area (Å²) in [5, 5.41) is 3.09. The Kier molecular flexibility index (Phi) is 3.31. The Labute approximate surface area is 112 Å². The molecule has 2 fully saturated rings. The highest BCUT2D eigenvalue weighted by Crippen LogP contribution is 2.45. The van der Waals surface area contributed by atoms with Crippen molar-refractivity contribution in [1.82, 2.24) is 5.32 Å². The molecule has 1 aromatic carbocycles. The molecule has 2 aliphatic heterocycles. The monoisotopic (exact) mass is 267 g/mol. The van der Waals surface area contributed by atoms with Crippen molar-refractivity contribution in [3.05, 3.63) is 34.9 Å². The Morgan fingerprint density at radius 3 is 2.68 bits per heavy atom. The van der Waals surface area contributed by atoms with Crippen LogP contribution in [0.1, 0.15) is 36.4 Å². The first-order valence-corrected chi connectivity index (χ1v) is 6.89. The Morgan fingerprint density at radius 1 is 1.32 bits per heavy atom. The largest absolute Gasteiger partial charge is 0.375 e. The highest BCUT2D eigenvalue weighted by atomic mass is 19.1. The molecule has 0 aliphatic carbocycles. The van der Waals surface area contributed by atoms with Gasteiger partial charge in [0.15, 0.2) is 0 Å². The maximum Gasteiger partial charge on any atom is 0.133 e. The summed E-state index contributed by atoms with van der Waals surface area (Å²) in [6.07, 6.45) is 3.39. The standard InChI is InChI=1S/C15H19F2NO/c1-8-3-5-11(16)13(14(8)17)15(18-2)10-7-9-4-6-12(10)19-9/h3,5,9-10,12,15,18H,4,6-7H2,1-2H3. The molecule has 2 saturated heterocycles. The van der Waals surface area contributed by atoms with Crippen LogP contribution in [0.2, 0.25) is 0 Å². The second-order valence-corrected chi connectivity index (χ2v) is 5.63. The molecule has 104 valence electrons. The van der Waals surface area contributed by atoms with E-state index < -0.39 is 11.6 Å². The smallest absolute Gasteiger partial charge is 0.133 e. The first-order chi connectivity index (χ1) is 9.11. The summed E-state index contributed by atoms with van der Waals surface area (Å²) in [5.41, 5.74) is 0.657. The van der Waals surface area contributed by atoms with Gasteiger partial charge >= 0.3 is 0 Å². The van der Waals surface area contributed by atoms with Gasteiger partial charge in [-0.25, -0.2) is 8.78 Å². The Morgan fingerprint density at radius 2 is 2.11 bits per heavy atom. The third-order valence-electron chi connectivity index (χ3n) is 4.52. The molecule has 1 N–H and O–H groups in total. The number of halogens is 2. The predicted octanol–water partition coefficient (Wildman–Crippen LogP) is 3.10. The quantitative estimate of drug-likeness (QED) is 0.908.